The Morgan fingerprint density at radius 3 is 2.38 bits per heavy atom. The van der Waals surface area contributed by atoms with Gasteiger partial charge in [0.2, 0.25) is 0 Å². The van der Waals surface area contributed by atoms with Crippen molar-refractivity contribution in [3.8, 4) is 0 Å². The predicted octanol–water partition coefficient (Wildman–Crippen LogP) is 3.29. The smallest absolute Gasteiger partial charge is 0.310 e. The SMILES string of the molecule is C=C[C@@H](NC)c1cc(F)cc(C(F)(F)F)c1. The molecular formula is C11H11F4N. The molecule has 0 bridgehead atoms. The zero-order valence-corrected chi connectivity index (χ0v) is 8.61. The molecule has 0 heterocycles. The fraction of sp³-hybridized carbons (Fsp3) is 0.273. The summed E-state index contributed by atoms with van der Waals surface area (Å²) in [5.74, 6) is -0.910. The summed E-state index contributed by atoms with van der Waals surface area (Å²) >= 11 is 0. The second-order valence-corrected chi connectivity index (χ2v) is 3.27. The van der Waals surface area contributed by atoms with E-state index in [2.05, 4.69) is 11.9 Å². The summed E-state index contributed by atoms with van der Waals surface area (Å²) < 4.78 is 50.2. The highest BCUT2D eigenvalue weighted by atomic mass is 19.4. The molecule has 0 radical (unpaired) electrons. The number of likely N-dealkylation sites (N-methyl/N-ethyl adjacent to an activating group) is 1. The molecule has 1 aromatic carbocycles. The Morgan fingerprint density at radius 2 is 1.94 bits per heavy atom. The van der Waals surface area contributed by atoms with Gasteiger partial charge in [-0.3, -0.25) is 0 Å². The van der Waals surface area contributed by atoms with Crippen molar-refractivity contribution in [2.45, 2.75) is 12.2 Å². The van der Waals surface area contributed by atoms with Gasteiger partial charge in [-0.15, -0.1) is 6.58 Å². The Morgan fingerprint density at radius 1 is 1.31 bits per heavy atom. The molecule has 1 atom stereocenters. The largest absolute Gasteiger partial charge is 0.416 e. The Hall–Kier alpha value is -1.36. The molecule has 0 saturated heterocycles. The number of benzene rings is 1. The molecule has 5 heteroatoms. The van der Waals surface area contributed by atoms with Gasteiger partial charge in [-0.2, -0.15) is 13.2 Å². The van der Waals surface area contributed by atoms with E-state index < -0.39 is 23.6 Å². The number of rotatable bonds is 3. The summed E-state index contributed by atoms with van der Waals surface area (Å²) in [4.78, 5) is 0. The van der Waals surface area contributed by atoms with Gasteiger partial charge >= 0.3 is 6.18 Å². The molecular weight excluding hydrogens is 222 g/mol. The minimum Gasteiger partial charge on any atom is -0.310 e. The van der Waals surface area contributed by atoms with Gasteiger partial charge in [-0.1, -0.05) is 6.08 Å². The van der Waals surface area contributed by atoms with E-state index in [4.69, 9.17) is 0 Å². The van der Waals surface area contributed by atoms with Crippen molar-refractivity contribution in [2.75, 3.05) is 7.05 Å². The highest BCUT2D eigenvalue weighted by Crippen LogP contribution is 2.31. The zero-order chi connectivity index (χ0) is 12.3. The van der Waals surface area contributed by atoms with Crippen LogP contribution in [0.15, 0.2) is 30.9 Å². The highest BCUT2D eigenvalue weighted by Gasteiger charge is 2.31. The third-order valence-corrected chi connectivity index (χ3v) is 2.15. The summed E-state index contributed by atoms with van der Waals surface area (Å²) in [6.07, 6.45) is -3.13. The number of hydrogen-bond acceptors (Lipinski definition) is 1. The normalized spacial score (nSPS) is 13.6. The Bertz CT molecular complexity index is 384. The minimum atomic E-state index is -4.55. The van der Waals surface area contributed by atoms with Crippen LogP contribution >= 0.6 is 0 Å². The van der Waals surface area contributed by atoms with E-state index in [-0.39, 0.29) is 5.56 Å². The van der Waals surface area contributed by atoms with Crippen molar-refractivity contribution in [3.05, 3.63) is 47.8 Å². The third-order valence-electron chi connectivity index (χ3n) is 2.15. The van der Waals surface area contributed by atoms with Crippen molar-refractivity contribution >= 4 is 0 Å². The van der Waals surface area contributed by atoms with Gasteiger partial charge in [0.05, 0.1) is 11.6 Å². The maximum atomic E-state index is 13.0. The molecule has 1 N–H and O–H groups in total. The number of nitrogens with one attached hydrogen (secondary N) is 1. The summed E-state index contributed by atoms with van der Waals surface area (Å²) in [5.41, 5.74) is -0.797. The highest BCUT2D eigenvalue weighted by molar-refractivity contribution is 5.30. The molecule has 88 valence electrons. The third kappa shape index (κ3) is 2.82. The molecule has 1 rings (SSSR count). The van der Waals surface area contributed by atoms with Crippen LogP contribution in [0.5, 0.6) is 0 Å². The first-order valence-electron chi connectivity index (χ1n) is 4.56. The van der Waals surface area contributed by atoms with Crippen LogP contribution in [0.2, 0.25) is 0 Å². The molecule has 0 spiro atoms. The van der Waals surface area contributed by atoms with Crippen molar-refractivity contribution < 1.29 is 17.6 Å². The molecule has 16 heavy (non-hydrogen) atoms. The molecule has 0 aliphatic carbocycles. The van der Waals surface area contributed by atoms with Crippen LogP contribution in [-0.4, -0.2) is 7.05 Å². The average Bonchev–Trinajstić information content (AvgIpc) is 2.17. The van der Waals surface area contributed by atoms with Crippen LogP contribution < -0.4 is 5.32 Å². The molecule has 0 aliphatic heterocycles. The molecule has 1 aromatic rings. The molecule has 0 saturated carbocycles. The van der Waals surface area contributed by atoms with Gasteiger partial charge in [0, 0.05) is 0 Å². The van der Waals surface area contributed by atoms with Gasteiger partial charge in [0.15, 0.2) is 0 Å². The van der Waals surface area contributed by atoms with Gasteiger partial charge < -0.3 is 5.32 Å². The minimum absolute atomic E-state index is 0.199. The first-order valence-corrected chi connectivity index (χ1v) is 4.56. The average molecular weight is 233 g/mol. The van der Waals surface area contributed by atoms with Crippen molar-refractivity contribution in [1.82, 2.24) is 5.32 Å². The summed E-state index contributed by atoms with van der Waals surface area (Å²) in [7, 11) is 1.56. The molecule has 0 unspecified atom stereocenters. The van der Waals surface area contributed by atoms with E-state index in [0.717, 1.165) is 12.1 Å². The fourth-order valence-electron chi connectivity index (χ4n) is 1.38. The molecule has 1 nitrogen and oxygen atoms in total. The Kier molecular flexibility index (Phi) is 3.70. The first kappa shape index (κ1) is 12.7. The van der Waals surface area contributed by atoms with Crippen molar-refractivity contribution in [3.63, 3.8) is 0 Å². The fourth-order valence-corrected chi connectivity index (χ4v) is 1.38. The van der Waals surface area contributed by atoms with E-state index >= 15 is 0 Å². The van der Waals surface area contributed by atoms with E-state index in [1.165, 1.54) is 6.08 Å². The van der Waals surface area contributed by atoms with Crippen LogP contribution in [0.3, 0.4) is 0 Å². The van der Waals surface area contributed by atoms with Gasteiger partial charge in [-0.25, -0.2) is 4.39 Å². The lowest BCUT2D eigenvalue weighted by Gasteiger charge is -2.14. The number of hydrogen-bond donors (Lipinski definition) is 1. The number of alkyl halides is 3. The quantitative estimate of drug-likeness (QED) is 0.624. The Labute approximate surface area is 90.8 Å². The van der Waals surface area contributed by atoms with E-state index in [9.17, 15) is 17.6 Å². The second-order valence-electron chi connectivity index (χ2n) is 3.27. The zero-order valence-electron chi connectivity index (χ0n) is 8.61. The van der Waals surface area contributed by atoms with E-state index in [0.29, 0.717) is 6.07 Å². The lowest BCUT2D eigenvalue weighted by Crippen LogP contribution is -2.15. The molecule has 0 fully saturated rings. The van der Waals surface area contributed by atoms with E-state index in [1.807, 2.05) is 0 Å². The standard InChI is InChI=1S/C11H11F4N/c1-3-10(16-2)7-4-8(11(13,14)15)6-9(12)5-7/h3-6,10,16H,1H2,2H3/t10-/m1/s1. The van der Waals surface area contributed by atoms with E-state index in [1.54, 1.807) is 7.05 Å². The topological polar surface area (TPSA) is 12.0 Å². The molecule has 0 aliphatic rings. The van der Waals surface area contributed by atoms with Crippen molar-refractivity contribution in [2.24, 2.45) is 0 Å². The maximum absolute atomic E-state index is 13.0. The lowest BCUT2D eigenvalue weighted by molar-refractivity contribution is -0.137. The summed E-state index contributed by atoms with van der Waals surface area (Å²) in [5, 5.41) is 2.72. The second kappa shape index (κ2) is 4.65. The van der Waals surface area contributed by atoms with Crippen LogP contribution in [0, 0.1) is 5.82 Å². The van der Waals surface area contributed by atoms with Crippen LogP contribution in [-0.2, 0) is 6.18 Å². The molecule has 0 aromatic heterocycles. The lowest BCUT2D eigenvalue weighted by atomic mass is 10.0. The van der Waals surface area contributed by atoms with Gasteiger partial charge in [0.1, 0.15) is 5.82 Å². The summed E-state index contributed by atoms with van der Waals surface area (Å²) in [6, 6.07) is 1.93. The monoisotopic (exact) mass is 233 g/mol. The number of halogens is 4. The first-order chi connectivity index (χ1) is 7.38. The van der Waals surface area contributed by atoms with Crippen LogP contribution in [0.25, 0.3) is 0 Å². The van der Waals surface area contributed by atoms with Crippen molar-refractivity contribution in [1.29, 1.82) is 0 Å². The van der Waals surface area contributed by atoms with Crippen LogP contribution in [0.4, 0.5) is 17.6 Å². The maximum Gasteiger partial charge on any atom is 0.416 e. The molecule has 0 amide bonds. The Balaban J connectivity index is 3.22. The van der Waals surface area contributed by atoms with Gasteiger partial charge in [0.25, 0.3) is 0 Å². The van der Waals surface area contributed by atoms with Gasteiger partial charge in [-0.05, 0) is 30.8 Å². The predicted molar refractivity (Wildman–Crippen MR) is 53.4 cm³/mol. The van der Waals surface area contributed by atoms with Crippen LogP contribution in [0.1, 0.15) is 17.2 Å². The summed E-state index contributed by atoms with van der Waals surface area (Å²) in [6.45, 7) is 3.46.